The minimum atomic E-state index is -0.173. The number of nitrogens with one attached hydrogen (secondary N) is 1. The molecule has 26 heavy (non-hydrogen) atoms. The van der Waals surface area contributed by atoms with Gasteiger partial charge in [-0.3, -0.25) is 4.79 Å². The van der Waals surface area contributed by atoms with Crippen molar-refractivity contribution in [2.24, 2.45) is 0 Å². The number of amides is 1. The van der Waals surface area contributed by atoms with Gasteiger partial charge in [0, 0.05) is 5.56 Å². The molecule has 0 saturated heterocycles. The van der Waals surface area contributed by atoms with Crippen molar-refractivity contribution in [1.82, 2.24) is 0 Å². The molecular formula is C22H21NO3. The average molecular weight is 347 g/mol. The summed E-state index contributed by atoms with van der Waals surface area (Å²) in [5.74, 6) is 1.87. The molecule has 0 spiro atoms. The Bertz CT molecular complexity index is 871. The molecule has 0 aromatic heterocycles. The first kappa shape index (κ1) is 17.5. The van der Waals surface area contributed by atoms with Crippen LogP contribution in [-0.2, 0) is 0 Å². The Kier molecular flexibility index (Phi) is 5.54. The molecule has 0 unspecified atom stereocenters. The molecule has 4 heteroatoms. The Morgan fingerprint density at radius 2 is 1.54 bits per heavy atom. The van der Waals surface area contributed by atoms with Gasteiger partial charge in [0.1, 0.15) is 11.5 Å². The lowest BCUT2D eigenvalue weighted by atomic mass is 10.1. The third-order valence-corrected chi connectivity index (χ3v) is 3.81. The Morgan fingerprint density at radius 3 is 2.23 bits per heavy atom. The second-order valence-electron chi connectivity index (χ2n) is 5.82. The maximum atomic E-state index is 12.5. The van der Waals surface area contributed by atoms with Crippen LogP contribution in [0.15, 0.2) is 72.8 Å². The molecule has 0 fully saturated rings. The van der Waals surface area contributed by atoms with Crippen LogP contribution in [0.4, 0.5) is 5.69 Å². The van der Waals surface area contributed by atoms with E-state index in [4.69, 9.17) is 9.47 Å². The Hall–Kier alpha value is -3.27. The van der Waals surface area contributed by atoms with Crippen LogP contribution in [-0.4, -0.2) is 12.5 Å². The van der Waals surface area contributed by atoms with Crippen LogP contribution in [0.1, 0.15) is 22.8 Å². The Labute approximate surface area is 153 Å². The lowest BCUT2D eigenvalue weighted by Gasteiger charge is -2.13. The number of ether oxygens (including phenoxy) is 2. The van der Waals surface area contributed by atoms with E-state index < -0.39 is 0 Å². The van der Waals surface area contributed by atoms with Crippen LogP contribution in [0, 0.1) is 6.92 Å². The van der Waals surface area contributed by atoms with Gasteiger partial charge < -0.3 is 14.8 Å². The zero-order chi connectivity index (χ0) is 18.4. The molecule has 132 valence electrons. The number of aryl methyl sites for hydroxylation is 1. The van der Waals surface area contributed by atoms with Gasteiger partial charge in [0.05, 0.1) is 12.3 Å². The summed E-state index contributed by atoms with van der Waals surface area (Å²) >= 11 is 0. The number of rotatable bonds is 6. The highest BCUT2D eigenvalue weighted by molar-refractivity contribution is 6.05. The third-order valence-electron chi connectivity index (χ3n) is 3.81. The van der Waals surface area contributed by atoms with E-state index in [0.717, 1.165) is 11.3 Å². The fourth-order valence-electron chi connectivity index (χ4n) is 2.46. The first-order chi connectivity index (χ1) is 12.7. The van der Waals surface area contributed by atoms with E-state index >= 15 is 0 Å². The summed E-state index contributed by atoms with van der Waals surface area (Å²) in [5, 5.41) is 2.91. The van der Waals surface area contributed by atoms with Crippen molar-refractivity contribution in [3.63, 3.8) is 0 Å². The second-order valence-corrected chi connectivity index (χ2v) is 5.82. The minimum Gasteiger partial charge on any atom is -0.494 e. The molecule has 1 N–H and O–H groups in total. The van der Waals surface area contributed by atoms with Crippen molar-refractivity contribution in [2.45, 2.75) is 13.8 Å². The van der Waals surface area contributed by atoms with Gasteiger partial charge in [0.15, 0.2) is 5.75 Å². The molecule has 0 heterocycles. The number of hydrogen-bond acceptors (Lipinski definition) is 3. The highest BCUT2D eigenvalue weighted by Crippen LogP contribution is 2.30. The maximum Gasteiger partial charge on any atom is 0.255 e. The monoisotopic (exact) mass is 347 g/mol. The van der Waals surface area contributed by atoms with Crippen LogP contribution in [0.5, 0.6) is 17.2 Å². The first-order valence-electron chi connectivity index (χ1n) is 8.53. The second kappa shape index (κ2) is 8.21. The smallest absolute Gasteiger partial charge is 0.255 e. The number of para-hydroxylation sites is 2. The van der Waals surface area contributed by atoms with Crippen molar-refractivity contribution in [1.29, 1.82) is 0 Å². The number of hydrogen-bond donors (Lipinski definition) is 1. The molecule has 0 aliphatic rings. The van der Waals surface area contributed by atoms with E-state index in [9.17, 15) is 4.79 Å². The topological polar surface area (TPSA) is 47.6 Å². The van der Waals surface area contributed by atoms with Gasteiger partial charge in [0.2, 0.25) is 0 Å². The van der Waals surface area contributed by atoms with E-state index in [1.165, 1.54) is 0 Å². The SMILES string of the molecule is CCOc1ccc(Oc2ccccc2NC(=O)c2ccc(C)cc2)cc1. The quantitative estimate of drug-likeness (QED) is 0.646. The van der Waals surface area contributed by atoms with E-state index in [2.05, 4.69) is 5.32 Å². The first-order valence-corrected chi connectivity index (χ1v) is 8.53. The predicted octanol–water partition coefficient (Wildman–Crippen LogP) is 5.44. The summed E-state index contributed by atoms with van der Waals surface area (Å²) in [6, 6.07) is 22.2. The van der Waals surface area contributed by atoms with Crippen LogP contribution in [0.3, 0.4) is 0 Å². The summed E-state index contributed by atoms with van der Waals surface area (Å²) in [7, 11) is 0. The van der Waals surface area contributed by atoms with Crippen LogP contribution in [0.2, 0.25) is 0 Å². The molecule has 4 nitrogen and oxygen atoms in total. The standard InChI is InChI=1S/C22H21NO3/c1-3-25-18-12-14-19(15-13-18)26-21-7-5-4-6-20(21)23-22(24)17-10-8-16(2)9-11-17/h4-15H,3H2,1-2H3,(H,23,24). The highest BCUT2D eigenvalue weighted by atomic mass is 16.5. The molecule has 3 aromatic rings. The number of benzene rings is 3. The van der Waals surface area contributed by atoms with Gasteiger partial charge in [-0.15, -0.1) is 0 Å². The van der Waals surface area contributed by atoms with Crippen molar-refractivity contribution in [3.8, 4) is 17.2 Å². The van der Waals surface area contributed by atoms with Gasteiger partial charge in [-0.05, 0) is 62.4 Å². The molecule has 0 saturated carbocycles. The normalized spacial score (nSPS) is 10.2. The molecule has 0 radical (unpaired) electrons. The minimum absolute atomic E-state index is 0.173. The maximum absolute atomic E-state index is 12.5. The fourth-order valence-corrected chi connectivity index (χ4v) is 2.46. The van der Waals surface area contributed by atoms with Crippen molar-refractivity contribution in [3.05, 3.63) is 83.9 Å². The van der Waals surface area contributed by atoms with Gasteiger partial charge >= 0.3 is 0 Å². The van der Waals surface area contributed by atoms with E-state index in [1.54, 1.807) is 12.1 Å². The molecule has 3 aromatic carbocycles. The van der Waals surface area contributed by atoms with Gasteiger partial charge in [-0.1, -0.05) is 29.8 Å². The Balaban J connectivity index is 1.75. The van der Waals surface area contributed by atoms with E-state index in [-0.39, 0.29) is 5.91 Å². The lowest BCUT2D eigenvalue weighted by Crippen LogP contribution is -2.12. The van der Waals surface area contributed by atoms with Crippen molar-refractivity contribution >= 4 is 11.6 Å². The molecule has 1 amide bonds. The summed E-state index contributed by atoms with van der Waals surface area (Å²) in [5.41, 5.74) is 2.33. The van der Waals surface area contributed by atoms with E-state index in [0.29, 0.717) is 29.4 Å². The van der Waals surface area contributed by atoms with Crippen LogP contribution in [0.25, 0.3) is 0 Å². The predicted molar refractivity (Wildman–Crippen MR) is 103 cm³/mol. The highest BCUT2D eigenvalue weighted by Gasteiger charge is 2.10. The fraction of sp³-hybridized carbons (Fsp3) is 0.136. The number of anilines is 1. The van der Waals surface area contributed by atoms with Crippen LogP contribution >= 0.6 is 0 Å². The molecule has 0 atom stereocenters. The molecular weight excluding hydrogens is 326 g/mol. The Morgan fingerprint density at radius 1 is 0.885 bits per heavy atom. The summed E-state index contributed by atoms with van der Waals surface area (Å²) < 4.78 is 11.4. The van der Waals surface area contributed by atoms with Crippen molar-refractivity contribution < 1.29 is 14.3 Å². The zero-order valence-corrected chi connectivity index (χ0v) is 14.9. The summed E-state index contributed by atoms with van der Waals surface area (Å²) in [4.78, 5) is 12.5. The van der Waals surface area contributed by atoms with Gasteiger partial charge in [-0.2, -0.15) is 0 Å². The zero-order valence-electron chi connectivity index (χ0n) is 14.9. The molecule has 0 aliphatic carbocycles. The lowest BCUT2D eigenvalue weighted by molar-refractivity contribution is 0.102. The van der Waals surface area contributed by atoms with E-state index in [1.807, 2.05) is 74.5 Å². The molecule has 3 rings (SSSR count). The largest absolute Gasteiger partial charge is 0.494 e. The molecule has 0 bridgehead atoms. The third kappa shape index (κ3) is 4.42. The summed E-state index contributed by atoms with van der Waals surface area (Å²) in [6.07, 6.45) is 0. The van der Waals surface area contributed by atoms with Crippen LogP contribution < -0.4 is 14.8 Å². The van der Waals surface area contributed by atoms with Gasteiger partial charge in [0.25, 0.3) is 5.91 Å². The molecule has 0 aliphatic heterocycles. The van der Waals surface area contributed by atoms with Gasteiger partial charge in [-0.25, -0.2) is 0 Å². The summed E-state index contributed by atoms with van der Waals surface area (Å²) in [6.45, 7) is 4.55. The average Bonchev–Trinajstić information content (AvgIpc) is 2.65. The van der Waals surface area contributed by atoms with Crippen molar-refractivity contribution in [2.75, 3.05) is 11.9 Å². The number of carbonyl (C=O) groups is 1. The number of carbonyl (C=O) groups excluding carboxylic acids is 1.